The van der Waals surface area contributed by atoms with E-state index in [0.717, 1.165) is 5.56 Å². The number of fused-ring (bicyclic) bond motifs is 1. The highest BCUT2D eigenvalue weighted by molar-refractivity contribution is 6.04. The first kappa shape index (κ1) is 21.7. The van der Waals surface area contributed by atoms with E-state index in [1.165, 1.54) is 6.07 Å². The normalized spacial score (nSPS) is 11.7. The van der Waals surface area contributed by atoms with Gasteiger partial charge in [0.05, 0.1) is 27.8 Å². The number of aromatic amines is 1. The third kappa shape index (κ3) is 4.72. The first-order chi connectivity index (χ1) is 16.0. The van der Waals surface area contributed by atoms with Crippen LogP contribution in [-0.4, -0.2) is 38.8 Å². The van der Waals surface area contributed by atoms with Crippen molar-refractivity contribution in [3.05, 3.63) is 78.1 Å². The van der Waals surface area contributed by atoms with Crippen molar-refractivity contribution in [3.63, 3.8) is 0 Å². The minimum Gasteiger partial charge on any atom is -0.449 e. The number of nitrogens with zero attached hydrogens (tertiary/aromatic N) is 2. The third-order valence-corrected chi connectivity index (χ3v) is 5.02. The number of carbonyl (C=O) groups excluding carboxylic acids is 3. The fourth-order valence-electron chi connectivity index (χ4n) is 3.32. The van der Waals surface area contributed by atoms with E-state index in [-0.39, 0.29) is 23.2 Å². The SMILES string of the molecule is CCC(OC(=O)c1ccc2nc(-c3cccnc3)[nH]c2c1)C(=O)Nc1ccccc1C(N)=O. The monoisotopic (exact) mass is 443 g/mol. The van der Waals surface area contributed by atoms with Gasteiger partial charge in [0.1, 0.15) is 5.82 Å². The van der Waals surface area contributed by atoms with Crippen molar-refractivity contribution in [2.24, 2.45) is 5.73 Å². The molecular weight excluding hydrogens is 422 g/mol. The summed E-state index contributed by atoms with van der Waals surface area (Å²) in [6.45, 7) is 1.72. The van der Waals surface area contributed by atoms with Crippen LogP contribution in [-0.2, 0) is 9.53 Å². The van der Waals surface area contributed by atoms with Gasteiger partial charge in [0.2, 0.25) is 0 Å². The van der Waals surface area contributed by atoms with Crippen LogP contribution in [0.5, 0.6) is 0 Å². The van der Waals surface area contributed by atoms with Crippen LogP contribution in [0.1, 0.15) is 34.1 Å². The van der Waals surface area contributed by atoms with Crippen molar-refractivity contribution >= 4 is 34.5 Å². The lowest BCUT2D eigenvalue weighted by Gasteiger charge is -2.17. The molecule has 9 nitrogen and oxygen atoms in total. The molecule has 2 aromatic heterocycles. The molecule has 0 fully saturated rings. The number of nitrogens with one attached hydrogen (secondary N) is 2. The maximum absolute atomic E-state index is 12.7. The number of imidazole rings is 1. The number of para-hydroxylation sites is 1. The summed E-state index contributed by atoms with van der Waals surface area (Å²) in [5, 5.41) is 2.61. The molecule has 0 aliphatic heterocycles. The number of rotatable bonds is 7. The molecule has 4 aromatic rings. The Bertz CT molecular complexity index is 1330. The Balaban J connectivity index is 1.50. The van der Waals surface area contributed by atoms with E-state index in [1.807, 2.05) is 12.1 Å². The average molecular weight is 443 g/mol. The highest BCUT2D eigenvalue weighted by atomic mass is 16.5. The molecule has 2 heterocycles. The van der Waals surface area contributed by atoms with Crippen LogP contribution in [0.15, 0.2) is 67.0 Å². The zero-order valence-corrected chi connectivity index (χ0v) is 17.7. The summed E-state index contributed by atoms with van der Waals surface area (Å²) in [4.78, 5) is 48.8. The predicted octanol–water partition coefficient (Wildman–Crippen LogP) is 3.30. The van der Waals surface area contributed by atoms with Crippen molar-refractivity contribution in [1.29, 1.82) is 0 Å². The number of H-pyrrole nitrogens is 1. The van der Waals surface area contributed by atoms with Crippen LogP contribution in [0.2, 0.25) is 0 Å². The topological polar surface area (TPSA) is 140 Å². The van der Waals surface area contributed by atoms with E-state index >= 15 is 0 Å². The van der Waals surface area contributed by atoms with Crippen LogP contribution in [0.4, 0.5) is 5.69 Å². The molecule has 0 spiro atoms. The number of nitrogens with two attached hydrogens (primary N) is 1. The zero-order chi connectivity index (χ0) is 23.4. The van der Waals surface area contributed by atoms with Gasteiger partial charge in [0.15, 0.2) is 6.10 Å². The molecule has 4 N–H and O–H groups in total. The van der Waals surface area contributed by atoms with Gasteiger partial charge >= 0.3 is 5.97 Å². The molecule has 1 unspecified atom stereocenters. The smallest absolute Gasteiger partial charge is 0.338 e. The first-order valence-corrected chi connectivity index (χ1v) is 10.3. The van der Waals surface area contributed by atoms with Crippen LogP contribution in [0.25, 0.3) is 22.4 Å². The molecular formula is C24H21N5O4. The van der Waals surface area contributed by atoms with E-state index in [9.17, 15) is 14.4 Å². The quantitative estimate of drug-likeness (QED) is 0.374. The first-order valence-electron chi connectivity index (χ1n) is 10.3. The zero-order valence-electron chi connectivity index (χ0n) is 17.7. The van der Waals surface area contributed by atoms with Gasteiger partial charge in [-0.15, -0.1) is 0 Å². The van der Waals surface area contributed by atoms with E-state index in [0.29, 0.717) is 16.9 Å². The number of benzene rings is 2. The number of amides is 2. The van der Waals surface area contributed by atoms with Gasteiger partial charge in [-0.05, 0) is 48.9 Å². The number of aromatic nitrogens is 3. The van der Waals surface area contributed by atoms with Crippen molar-refractivity contribution in [3.8, 4) is 11.4 Å². The van der Waals surface area contributed by atoms with Crippen LogP contribution < -0.4 is 11.1 Å². The summed E-state index contributed by atoms with van der Waals surface area (Å²) in [6, 6.07) is 15.0. The second kappa shape index (κ2) is 9.31. The Labute approximate surface area is 189 Å². The second-order valence-electron chi connectivity index (χ2n) is 7.26. The lowest BCUT2D eigenvalue weighted by Crippen LogP contribution is -2.32. The molecule has 33 heavy (non-hydrogen) atoms. The molecule has 2 amide bonds. The molecule has 4 rings (SSSR count). The minimum absolute atomic E-state index is 0.168. The Kier molecular flexibility index (Phi) is 6.12. The molecule has 0 aliphatic rings. The van der Waals surface area contributed by atoms with Gasteiger partial charge in [0, 0.05) is 18.0 Å². The molecule has 0 bridgehead atoms. The lowest BCUT2D eigenvalue weighted by molar-refractivity contribution is -0.124. The van der Waals surface area contributed by atoms with Gasteiger partial charge in [-0.2, -0.15) is 0 Å². The molecule has 166 valence electrons. The summed E-state index contributed by atoms with van der Waals surface area (Å²) in [5.74, 6) is -1.25. The second-order valence-corrected chi connectivity index (χ2v) is 7.26. The fourth-order valence-corrected chi connectivity index (χ4v) is 3.32. The molecule has 0 saturated heterocycles. The van der Waals surface area contributed by atoms with E-state index in [4.69, 9.17) is 10.5 Å². The number of hydrogen-bond acceptors (Lipinski definition) is 6. The van der Waals surface area contributed by atoms with Gasteiger partial charge < -0.3 is 20.8 Å². The van der Waals surface area contributed by atoms with Crippen molar-refractivity contribution in [1.82, 2.24) is 15.0 Å². The summed E-state index contributed by atoms with van der Waals surface area (Å²) >= 11 is 0. The number of esters is 1. The lowest BCUT2D eigenvalue weighted by atomic mass is 10.1. The standard InChI is InChI=1S/C24H21N5O4/c1-2-20(23(31)29-17-8-4-3-7-16(17)21(25)30)33-24(32)14-9-10-18-19(12-14)28-22(27-18)15-6-5-11-26-13-15/h3-13,20H,2H2,1H3,(H2,25,30)(H,27,28)(H,29,31). The maximum Gasteiger partial charge on any atom is 0.338 e. The van der Waals surface area contributed by atoms with E-state index < -0.39 is 23.9 Å². The third-order valence-electron chi connectivity index (χ3n) is 5.02. The minimum atomic E-state index is -1.05. The maximum atomic E-state index is 12.7. The predicted molar refractivity (Wildman–Crippen MR) is 122 cm³/mol. The highest BCUT2D eigenvalue weighted by Crippen LogP contribution is 2.22. The number of primary amides is 1. The largest absolute Gasteiger partial charge is 0.449 e. The number of anilines is 1. The van der Waals surface area contributed by atoms with Gasteiger partial charge in [-0.25, -0.2) is 9.78 Å². The molecule has 0 aliphatic carbocycles. The van der Waals surface area contributed by atoms with Crippen molar-refractivity contribution < 1.29 is 19.1 Å². The molecule has 0 radical (unpaired) electrons. The summed E-state index contributed by atoms with van der Waals surface area (Å²) in [5.41, 5.74) is 8.19. The van der Waals surface area contributed by atoms with Crippen molar-refractivity contribution in [2.75, 3.05) is 5.32 Å². The van der Waals surface area contributed by atoms with Gasteiger partial charge in [-0.1, -0.05) is 19.1 Å². The molecule has 9 heteroatoms. The highest BCUT2D eigenvalue weighted by Gasteiger charge is 2.23. The Hall–Kier alpha value is -4.53. The fraction of sp³-hybridized carbons (Fsp3) is 0.125. The summed E-state index contributed by atoms with van der Waals surface area (Å²) in [6.07, 6.45) is 2.55. The number of ether oxygens (including phenoxy) is 1. The van der Waals surface area contributed by atoms with E-state index in [1.54, 1.807) is 55.7 Å². The van der Waals surface area contributed by atoms with Crippen LogP contribution >= 0.6 is 0 Å². The number of pyridine rings is 1. The summed E-state index contributed by atoms with van der Waals surface area (Å²) in [7, 11) is 0. The average Bonchev–Trinajstić information content (AvgIpc) is 3.26. The Morgan fingerprint density at radius 2 is 1.94 bits per heavy atom. The molecule has 1 atom stereocenters. The Morgan fingerprint density at radius 3 is 2.67 bits per heavy atom. The number of carbonyl (C=O) groups is 3. The van der Waals surface area contributed by atoms with Crippen molar-refractivity contribution in [2.45, 2.75) is 19.4 Å². The van der Waals surface area contributed by atoms with E-state index in [2.05, 4.69) is 20.3 Å². The van der Waals surface area contributed by atoms with Gasteiger partial charge in [0.25, 0.3) is 11.8 Å². The number of hydrogen-bond donors (Lipinski definition) is 3. The molecule has 2 aromatic carbocycles. The summed E-state index contributed by atoms with van der Waals surface area (Å²) < 4.78 is 5.45. The van der Waals surface area contributed by atoms with Crippen LogP contribution in [0, 0.1) is 0 Å². The Morgan fingerprint density at radius 1 is 1.12 bits per heavy atom. The molecule has 0 saturated carbocycles. The van der Waals surface area contributed by atoms with Crippen LogP contribution in [0.3, 0.4) is 0 Å². The van der Waals surface area contributed by atoms with Gasteiger partial charge in [-0.3, -0.25) is 14.6 Å².